The molecule has 20 heavy (non-hydrogen) atoms. The summed E-state index contributed by atoms with van der Waals surface area (Å²) < 4.78 is 0. The lowest BCUT2D eigenvalue weighted by Gasteiger charge is -2.13. The molecule has 3 aromatic carbocycles. The van der Waals surface area contributed by atoms with Gasteiger partial charge in [0.2, 0.25) is 0 Å². The van der Waals surface area contributed by atoms with E-state index in [9.17, 15) is 5.11 Å². The number of nitrogen functional groups attached to an aromatic ring is 1. The third kappa shape index (κ3) is 2.51. The van der Waals surface area contributed by atoms with Crippen molar-refractivity contribution in [2.75, 3.05) is 5.73 Å². The van der Waals surface area contributed by atoms with Crippen LogP contribution in [-0.2, 0) is 6.42 Å². The van der Waals surface area contributed by atoms with Crippen LogP contribution in [-0.4, -0.2) is 5.11 Å². The van der Waals surface area contributed by atoms with Crippen LogP contribution < -0.4 is 5.73 Å². The Bertz CT molecular complexity index is 714. The number of anilines is 1. The van der Waals surface area contributed by atoms with Gasteiger partial charge in [-0.1, -0.05) is 54.6 Å². The quantitative estimate of drug-likeness (QED) is 0.708. The Morgan fingerprint density at radius 2 is 1.55 bits per heavy atom. The van der Waals surface area contributed by atoms with Gasteiger partial charge in [-0.3, -0.25) is 0 Å². The summed E-state index contributed by atoms with van der Waals surface area (Å²) in [7, 11) is 0. The lowest BCUT2D eigenvalue weighted by atomic mass is 9.96. The van der Waals surface area contributed by atoms with Gasteiger partial charge in [0.25, 0.3) is 0 Å². The molecule has 0 radical (unpaired) electrons. The number of benzene rings is 3. The van der Waals surface area contributed by atoms with Crippen molar-refractivity contribution in [2.45, 2.75) is 12.5 Å². The van der Waals surface area contributed by atoms with Crippen LogP contribution in [0, 0.1) is 0 Å². The molecule has 0 aliphatic carbocycles. The van der Waals surface area contributed by atoms with E-state index in [0.29, 0.717) is 12.1 Å². The van der Waals surface area contributed by atoms with Crippen molar-refractivity contribution in [3.63, 3.8) is 0 Å². The summed E-state index contributed by atoms with van der Waals surface area (Å²) in [6, 6.07) is 21.9. The lowest BCUT2D eigenvalue weighted by Crippen LogP contribution is -2.02. The van der Waals surface area contributed by atoms with Crippen molar-refractivity contribution < 1.29 is 5.11 Å². The highest BCUT2D eigenvalue weighted by molar-refractivity contribution is 5.85. The molecular weight excluding hydrogens is 246 g/mol. The van der Waals surface area contributed by atoms with Crippen LogP contribution in [0.2, 0.25) is 0 Å². The van der Waals surface area contributed by atoms with Gasteiger partial charge in [-0.2, -0.15) is 0 Å². The van der Waals surface area contributed by atoms with Crippen molar-refractivity contribution in [1.29, 1.82) is 0 Å². The van der Waals surface area contributed by atoms with E-state index in [1.54, 1.807) is 0 Å². The molecule has 100 valence electrons. The number of nitrogens with two attached hydrogens (primary N) is 1. The summed E-state index contributed by atoms with van der Waals surface area (Å²) in [6.07, 6.45) is 0.0899. The average molecular weight is 263 g/mol. The van der Waals surface area contributed by atoms with E-state index in [0.717, 1.165) is 11.1 Å². The summed E-state index contributed by atoms with van der Waals surface area (Å²) in [4.78, 5) is 0. The molecule has 0 aromatic heterocycles. The second kappa shape index (κ2) is 5.35. The minimum atomic E-state index is -0.513. The molecular formula is C18H17NO. The molecule has 3 rings (SSSR count). The molecule has 0 saturated carbocycles. The second-order valence-electron chi connectivity index (χ2n) is 5.02. The van der Waals surface area contributed by atoms with E-state index >= 15 is 0 Å². The van der Waals surface area contributed by atoms with Crippen molar-refractivity contribution in [3.05, 3.63) is 77.9 Å². The standard InChI is InChI=1S/C18H17NO/c19-16-10-8-14(9-11-16)18(20)12-15-6-3-5-13-4-1-2-7-17(13)15/h1-11,18,20H,12,19H2. The average Bonchev–Trinajstić information content (AvgIpc) is 2.48. The first-order valence-electron chi connectivity index (χ1n) is 6.74. The molecule has 0 fully saturated rings. The first-order chi connectivity index (χ1) is 9.74. The highest BCUT2D eigenvalue weighted by Crippen LogP contribution is 2.25. The molecule has 3 N–H and O–H groups in total. The zero-order chi connectivity index (χ0) is 13.9. The van der Waals surface area contributed by atoms with Crippen LogP contribution >= 0.6 is 0 Å². The second-order valence-corrected chi connectivity index (χ2v) is 5.02. The highest BCUT2D eigenvalue weighted by Gasteiger charge is 2.10. The van der Waals surface area contributed by atoms with Crippen molar-refractivity contribution in [3.8, 4) is 0 Å². The Labute approximate surface area is 118 Å². The van der Waals surface area contributed by atoms with E-state index in [4.69, 9.17) is 5.73 Å². The van der Waals surface area contributed by atoms with E-state index in [-0.39, 0.29) is 0 Å². The fraction of sp³-hybridized carbons (Fsp3) is 0.111. The summed E-state index contributed by atoms with van der Waals surface area (Å²) in [5, 5.41) is 12.8. The molecule has 2 heteroatoms. The first kappa shape index (κ1) is 12.7. The minimum Gasteiger partial charge on any atom is -0.399 e. The van der Waals surface area contributed by atoms with Gasteiger partial charge in [-0.15, -0.1) is 0 Å². The molecule has 0 spiro atoms. The van der Waals surface area contributed by atoms with Crippen molar-refractivity contribution in [1.82, 2.24) is 0 Å². The smallest absolute Gasteiger partial charge is 0.0830 e. The predicted molar refractivity (Wildman–Crippen MR) is 83.5 cm³/mol. The Morgan fingerprint density at radius 3 is 2.35 bits per heavy atom. The molecule has 0 aliphatic rings. The maximum absolute atomic E-state index is 10.4. The highest BCUT2D eigenvalue weighted by atomic mass is 16.3. The Balaban J connectivity index is 1.91. The largest absolute Gasteiger partial charge is 0.399 e. The Kier molecular flexibility index (Phi) is 3.40. The molecule has 0 amide bonds. The van der Waals surface area contributed by atoms with E-state index in [1.807, 2.05) is 42.5 Å². The van der Waals surface area contributed by atoms with Gasteiger partial charge in [0, 0.05) is 12.1 Å². The molecule has 1 atom stereocenters. The maximum atomic E-state index is 10.4. The first-order valence-corrected chi connectivity index (χ1v) is 6.74. The lowest BCUT2D eigenvalue weighted by molar-refractivity contribution is 0.179. The normalized spacial score (nSPS) is 12.4. The van der Waals surface area contributed by atoms with E-state index < -0.39 is 6.10 Å². The summed E-state index contributed by atoms with van der Waals surface area (Å²) in [5.74, 6) is 0. The van der Waals surface area contributed by atoms with Gasteiger partial charge in [0.1, 0.15) is 0 Å². The molecule has 2 nitrogen and oxygen atoms in total. The topological polar surface area (TPSA) is 46.2 Å². The van der Waals surface area contributed by atoms with Crippen molar-refractivity contribution >= 4 is 16.5 Å². The number of fused-ring (bicyclic) bond motifs is 1. The van der Waals surface area contributed by atoms with Gasteiger partial charge in [-0.05, 0) is 34.0 Å². The van der Waals surface area contributed by atoms with Crippen LogP contribution in [0.4, 0.5) is 5.69 Å². The van der Waals surface area contributed by atoms with Crippen LogP contribution in [0.3, 0.4) is 0 Å². The SMILES string of the molecule is Nc1ccc(C(O)Cc2cccc3ccccc23)cc1. The fourth-order valence-electron chi connectivity index (χ4n) is 2.51. The maximum Gasteiger partial charge on any atom is 0.0830 e. The summed E-state index contributed by atoms with van der Waals surface area (Å²) in [5.41, 5.74) is 8.44. The number of hydrogen-bond donors (Lipinski definition) is 2. The predicted octanol–water partition coefficient (Wildman–Crippen LogP) is 3.70. The van der Waals surface area contributed by atoms with Crippen LogP contribution in [0.15, 0.2) is 66.7 Å². The molecule has 1 unspecified atom stereocenters. The zero-order valence-electron chi connectivity index (χ0n) is 11.2. The van der Waals surface area contributed by atoms with Crippen molar-refractivity contribution in [2.24, 2.45) is 0 Å². The Morgan fingerprint density at radius 1 is 0.850 bits per heavy atom. The van der Waals surface area contributed by atoms with Crippen LogP contribution in [0.5, 0.6) is 0 Å². The van der Waals surface area contributed by atoms with E-state index in [2.05, 4.69) is 24.3 Å². The minimum absolute atomic E-state index is 0.513. The van der Waals surface area contributed by atoms with E-state index in [1.165, 1.54) is 10.8 Å². The fourth-order valence-corrected chi connectivity index (χ4v) is 2.51. The molecule has 0 saturated heterocycles. The molecule has 0 bridgehead atoms. The number of hydrogen-bond acceptors (Lipinski definition) is 2. The number of aliphatic hydroxyl groups excluding tert-OH is 1. The number of rotatable bonds is 3. The van der Waals surface area contributed by atoms with Crippen LogP contribution in [0.25, 0.3) is 10.8 Å². The van der Waals surface area contributed by atoms with Gasteiger partial charge >= 0.3 is 0 Å². The third-order valence-electron chi connectivity index (χ3n) is 3.61. The van der Waals surface area contributed by atoms with Gasteiger partial charge in [0.15, 0.2) is 0 Å². The van der Waals surface area contributed by atoms with Crippen LogP contribution in [0.1, 0.15) is 17.2 Å². The van der Waals surface area contributed by atoms with Gasteiger partial charge in [0.05, 0.1) is 6.10 Å². The monoisotopic (exact) mass is 263 g/mol. The summed E-state index contributed by atoms with van der Waals surface area (Å²) >= 11 is 0. The molecule has 0 aliphatic heterocycles. The molecule has 3 aromatic rings. The zero-order valence-corrected chi connectivity index (χ0v) is 11.2. The number of aliphatic hydroxyl groups is 1. The van der Waals surface area contributed by atoms with Gasteiger partial charge in [-0.25, -0.2) is 0 Å². The molecule has 0 heterocycles. The Hall–Kier alpha value is -2.32. The third-order valence-corrected chi connectivity index (χ3v) is 3.61. The van der Waals surface area contributed by atoms with Gasteiger partial charge < -0.3 is 10.8 Å². The summed E-state index contributed by atoms with van der Waals surface area (Å²) in [6.45, 7) is 0.